The average molecular weight is 516 g/mol. The van der Waals surface area contributed by atoms with Crippen molar-refractivity contribution in [3.63, 3.8) is 0 Å². The Morgan fingerprint density at radius 2 is 1.89 bits per heavy atom. The van der Waals surface area contributed by atoms with E-state index in [1.54, 1.807) is 24.3 Å². The Morgan fingerprint density at radius 1 is 1.17 bits per heavy atom. The highest BCUT2D eigenvalue weighted by atomic mass is 32.2. The fraction of sp³-hybridized carbons (Fsp3) is 0.217. The van der Waals surface area contributed by atoms with Crippen molar-refractivity contribution >= 4 is 32.7 Å². The number of sulfonamides is 1. The van der Waals surface area contributed by atoms with Crippen molar-refractivity contribution in [3.05, 3.63) is 65.6 Å². The lowest BCUT2D eigenvalue weighted by Gasteiger charge is -2.16. The van der Waals surface area contributed by atoms with Crippen LogP contribution >= 0.6 is 0 Å². The van der Waals surface area contributed by atoms with Crippen LogP contribution in [-0.4, -0.2) is 34.1 Å². The Bertz CT molecular complexity index is 1560. The number of hydrogen-bond acceptors (Lipinski definition) is 7. The molecule has 0 amide bonds. The maximum atomic E-state index is 13.2. The molecule has 3 N–H and O–H groups in total. The molecule has 0 aliphatic rings. The number of alkyl halides is 3. The lowest BCUT2D eigenvalue weighted by molar-refractivity contribution is -0.137. The highest BCUT2D eigenvalue weighted by Gasteiger charge is 2.31. The summed E-state index contributed by atoms with van der Waals surface area (Å²) in [7, 11) is -3.40. The van der Waals surface area contributed by atoms with E-state index in [0.717, 1.165) is 17.8 Å². The van der Waals surface area contributed by atoms with Gasteiger partial charge in [-0.1, -0.05) is 12.1 Å². The van der Waals surface area contributed by atoms with E-state index in [9.17, 15) is 26.9 Å². The van der Waals surface area contributed by atoms with Crippen molar-refractivity contribution < 1.29 is 21.6 Å². The first-order chi connectivity index (χ1) is 17.0. The second kappa shape index (κ2) is 9.46. The van der Waals surface area contributed by atoms with Crippen molar-refractivity contribution in [2.24, 2.45) is 0 Å². The summed E-state index contributed by atoms with van der Waals surface area (Å²) in [6.07, 6.45) is -1.10. The third kappa shape index (κ3) is 5.23. The Labute approximate surface area is 204 Å². The van der Waals surface area contributed by atoms with E-state index in [1.165, 1.54) is 19.3 Å². The number of halogens is 3. The van der Waals surface area contributed by atoms with E-state index in [0.29, 0.717) is 5.69 Å². The van der Waals surface area contributed by atoms with Gasteiger partial charge in [-0.15, -0.1) is 0 Å². The van der Waals surface area contributed by atoms with Crippen LogP contribution < -0.4 is 10.0 Å². The van der Waals surface area contributed by atoms with Gasteiger partial charge in [-0.2, -0.15) is 18.4 Å². The number of fused-ring (bicyclic) bond motifs is 1. The molecule has 0 spiro atoms. The Hall–Kier alpha value is -4.18. The summed E-state index contributed by atoms with van der Waals surface area (Å²) in [6.45, 7) is 3.37. The van der Waals surface area contributed by atoms with E-state index < -0.39 is 21.8 Å². The molecule has 3 heterocycles. The first-order valence-corrected chi connectivity index (χ1v) is 12.3. The molecule has 0 aliphatic heterocycles. The predicted octanol–water partition coefficient (Wildman–Crippen LogP) is 4.85. The number of nitrogens with one attached hydrogen (secondary N) is 3. The molecule has 4 rings (SSSR count). The van der Waals surface area contributed by atoms with Gasteiger partial charge < -0.3 is 10.3 Å². The molecule has 3 aromatic heterocycles. The van der Waals surface area contributed by atoms with Crippen LogP contribution in [0.15, 0.2) is 48.9 Å². The third-order valence-corrected chi connectivity index (χ3v) is 6.74. The summed E-state index contributed by atoms with van der Waals surface area (Å²) >= 11 is 0. The maximum Gasteiger partial charge on any atom is 0.417 e. The number of pyridine rings is 1. The highest BCUT2D eigenvalue weighted by molar-refractivity contribution is 7.92. The van der Waals surface area contributed by atoms with Gasteiger partial charge in [-0.3, -0.25) is 4.72 Å². The number of hydrogen-bond donors (Lipinski definition) is 3. The third-order valence-electron chi connectivity index (χ3n) is 5.43. The first kappa shape index (κ1) is 24.9. The monoisotopic (exact) mass is 515 g/mol. The number of aromatic nitrogens is 4. The number of nitriles is 1. The predicted molar refractivity (Wildman–Crippen MR) is 128 cm³/mol. The lowest BCUT2D eigenvalue weighted by Crippen LogP contribution is -2.15. The van der Waals surface area contributed by atoms with E-state index in [-0.39, 0.29) is 45.6 Å². The largest absolute Gasteiger partial charge is 0.417 e. The Balaban J connectivity index is 1.63. The van der Waals surface area contributed by atoms with Crippen molar-refractivity contribution in [1.82, 2.24) is 19.9 Å². The van der Waals surface area contributed by atoms with Gasteiger partial charge in [0.25, 0.3) is 0 Å². The number of anilines is 2. The number of aromatic amines is 1. The van der Waals surface area contributed by atoms with Gasteiger partial charge in [0.15, 0.2) is 0 Å². The van der Waals surface area contributed by atoms with Crippen molar-refractivity contribution in [2.75, 3.05) is 15.8 Å². The van der Waals surface area contributed by atoms with Crippen LogP contribution in [0.25, 0.3) is 22.3 Å². The van der Waals surface area contributed by atoms with E-state index in [1.807, 2.05) is 13.0 Å². The van der Waals surface area contributed by atoms with Crippen LogP contribution in [0.2, 0.25) is 0 Å². The summed E-state index contributed by atoms with van der Waals surface area (Å²) in [5, 5.41) is 12.8. The molecule has 0 saturated heterocycles. The fourth-order valence-corrected chi connectivity index (χ4v) is 4.10. The number of benzene rings is 1. The van der Waals surface area contributed by atoms with Gasteiger partial charge in [0.1, 0.15) is 11.7 Å². The average Bonchev–Trinajstić information content (AvgIpc) is 3.27. The second-order valence-electron chi connectivity index (χ2n) is 7.88. The summed E-state index contributed by atoms with van der Waals surface area (Å²) < 4.78 is 65.6. The van der Waals surface area contributed by atoms with Gasteiger partial charge >= 0.3 is 6.18 Å². The molecule has 0 aliphatic carbocycles. The maximum absolute atomic E-state index is 13.2. The molecule has 0 unspecified atom stereocenters. The zero-order chi connectivity index (χ0) is 26.1. The van der Waals surface area contributed by atoms with Gasteiger partial charge in [0.05, 0.1) is 34.8 Å². The molecule has 0 fully saturated rings. The highest BCUT2D eigenvalue weighted by Crippen LogP contribution is 2.35. The minimum absolute atomic E-state index is 0.0465. The zero-order valence-corrected chi connectivity index (χ0v) is 19.9. The molecule has 13 heteroatoms. The van der Waals surface area contributed by atoms with Crippen LogP contribution in [0.4, 0.5) is 24.8 Å². The standard InChI is InChI=1S/C23H20F3N7O2S/c1-3-36(34,35)33-17-6-4-14(5-7-17)13(2)31-22-30-10-15(9-27)20(32-22)19-12-29-21-18(19)8-16(11-28-21)23(24,25)26/h4-8,10-13,33H,3H2,1-2H3,(H,28,29)(H,30,31,32)/t13-/m1/s1. The summed E-state index contributed by atoms with van der Waals surface area (Å²) in [4.78, 5) is 15.2. The van der Waals surface area contributed by atoms with E-state index in [4.69, 9.17) is 0 Å². The zero-order valence-electron chi connectivity index (χ0n) is 19.1. The summed E-state index contributed by atoms with van der Waals surface area (Å²) in [5.74, 6) is 0.108. The number of rotatable bonds is 7. The smallest absolute Gasteiger partial charge is 0.348 e. The Morgan fingerprint density at radius 3 is 2.53 bits per heavy atom. The van der Waals surface area contributed by atoms with Gasteiger partial charge in [-0.05, 0) is 37.6 Å². The van der Waals surface area contributed by atoms with E-state index >= 15 is 0 Å². The van der Waals surface area contributed by atoms with Gasteiger partial charge in [0.2, 0.25) is 16.0 Å². The fourth-order valence-electron chi connectivity index (χ4n) is 3.46. The second-order valence-corrected chi connectivity index (χ2v) is 9.89. The van der Waals surface area contributed by atoms with Crippen LogP contribution in [0.3, 0.4) is 0 Å². The molecule has 0 bridgehead atoms. The molecular formula is C23H20F3N7O2S. The molecule has 9 nitrogen and oxygen atoms in total. The number of H-pyrrole nitrogens is 1. The van der Waals surface area contributed by atoms with Crippen molar-refractivity contribution in [3.8, 4) is 17.3 Å². The van der Waals surface area contributed by atoms with Gasteiger partial charge in [0, 0.05) is 29.0 Å². The summed E-state index contributed by atoms with van der Waals surface area (Å²) in [6, 6.07) is 9.34. The van der Waals surface area contributed by atoms with Crippen LogP contribution in [0.5, 0.6) is 0 Å². The van der Waals surface area contributed by atoms with Gasteiger partial charge in [-0.25, -0.2) is 23.4 Å². The van der Waals surface area contributed by atoms with Crippen molar-refractivity contribution in [1.29, 1.82) is 5.26 Å². The van der Waals surface area contributed by atoms with Crippen LogP contribution in [0, 0.1) is 11.3 Å². The normalized spacial score (nSPS) is 12.8. The van der Waals surface area contributed by atoms with Crippen molar-refractivity contribution in [2.45, 2.75) is 26.1 Å². The molecule has 0 radical (unpaired) electrons. The number of nitrogens with zero attached hydrogens (tertiary/aromatic N) is 4. The minimum Gasteiger partial charge on any atom is -0.348 e. The molecule has 1 aromatic carbocycles. The Kier molecular flexibility index (Phi) is 6.55. The van der Waals surface area contributed by atoms with E-state index in [2.05, 4.69) is 30.0 Å². The summed E-state index contributed by atoms with van der Waals surface area (Å²) in [5.41, 5.74) is 1.05. The van der Waals surface area contributed by atoms with Crippen LogP contribution in [0.1, 0.15) is 36.6 Å². The van der Waals surface area contributed by atoms with Crippen LogP contribution in [-0.2, 0) is 16.2 Å². The SMILES string of the molecule is CCS(=O)(=O)Nc1ccc([C@@H](C)Nc2ncc(C#N)c(-c3c[nH]c4ncc(C(F)(F)F)cc34)n2)cc1. The molecular weight excluding hydrogens is 495 g/mol. The molecule has 186 valence electrons. The topological polar surface area (TPSA) is 136 Å². The molecule has 4 aromatic rings. The molecule has 36 heavy (non-hydrogen) atoms. The minimum atomic E-state index is -4.58. The molecule has 1 atom stereocenters. The molecule has 0 saturated carbocycles. The first-order valence-electron chi connectivity index (χ1n) is 10.7. The quantitative estimate of drug-likeness (QED) is 0.320. The lowest BCUT2D eigenvalue weighted by atomic mass is 10.1.